The molecule has 1 aromatic heterocycles. The van der Waals surface area contributed by atoms with Gasteiger partial charge in [0, 0.05) is 18.8 Å². The van der Waals surface area contributed by atoms with Crippen molar-refractivity contribution in [2.24, 2.45) is 11.8 Å². The zero-order valence-corrected chi connectivity index (χ0v) is 9.32. The Bertz CT molecular complexity index is 380. The van der Waals surface area contributed by atoms with Gasteiger partial charge in [-0.3, -0.25) is 4.98 Å². The van der Waals surface area contributed by atoms with Crippen molar-refractivity contribution in [3.8, 4) is 0 Å². The topological polar surface area (TPSA) is 24.9 Å². The Balaban J connectivity index is 1.59. The highest BCUT2D eigenvalue weighted by Gasteiger charge is 2.39. The number of pyridine rings is 1. The van der Waals surface area contributed by atoms with Gasteiger partial charge in [-0.05, 0) is 43.2 Å². The Morgan fingerprint density at radius 3 is 3.00 bits per heavy atom. The number of aromatic nitrogens is 1. The Morgan fingerprint density at radius 1 is 1.38 bits per heavy atom. The van der Waals surface area contributed by atoms with E-state index in [1.807, 2.05) is 0 Å². The van der Waals surface area contributed by atoms with E-state index in [1.165, 1.54) is 31.7 Å². The fourth-order valence-corrected chi connectivity index (χ4v) is 3.27. The molecule has 2 bridgehead atoms. The molecule has 2 aliphatic rings. The average molecular weight is 220 g/mol. The smallest absolute Gasteiger partial charge is 0.146 e. The zero-order chi connectivity index (χ0) is 11.0. The number of rotatable bonds is 3. The zero-order valence-electron chi connectivity index (χ0n) is 9.32. The van der Waals surface area contributed by atoms with E-state index in [0.29, 0.717) is 18.3 Å². The first-order chi connectivity index (χ1) is 7.83. The summed E-state index contributed by atoms with van der Waals surface area (Å²) in [7, 11) is 0. The van der Waals surface area contributed by atoms with Crippen molar-refractivity contribution in [1.82, 2.24) is 10.3 Å². The normalized spacial score (nSPS) is 32.2. The van der Waals surface area contributed by atoms with Crippen LogP contribution in [-0.2, 0) is 6.54 Å². The second kappa shape index (κ2) is 4.13. The molecule has 1 N–H and O–H groups in total. The van der Waals surface area contributed by atoms with Crippen LogP contribution in [0.2, 0.25) is 0 Å². The third-order valence-electron chi connectivity index (χ3n) is 4.10. The average Bonchev–Trinajstić information content (AvgIpc) is 2.90. The third kappa shape index (κ3) is 1.84. The molecule has 3 unspecified atom stereocenters. The van der Waals surface area contributed by atoms with Gasteiger partial charge in [0.25, 0.3) is 0 Å². The fourth-order valence-electron chi connectivity index (χ4n) is 3.27. The van der Waals surface area contributed by atoms with Crippen LogP contribution in [0.15, 0.2) is 18.3 Å². The summed E-state index contributed by atoms with van der Waals surface area (Å²) in [6.07, 6.45) is 7.07. The quantitative estimate of drug-likeness (QED) is 0.846. The molecule has 3 atom stereocenters. The van der Waals surface area contributed by atoms with Crippen molar-refractivity contribution in [3.05, 3.63) is 29.8 Å². The summed E-state index contributed by atoms with van der Waals surface area (Å²) in [5.74, 6) is 1.56. The molecule has 2 fully saturated rings. The molecule has 3 rings (SSSR count). The van der Waals surface area contributed by atoms with E-state index in [4.69, 9.17) is 0 Å². The minimum Gasteiger partial charge on any atom is -0.308 e. The molecule has 2 aliphatic carbocycles. The van der Waals surface area contributed by atoms with E-state index < -0.39 is 0 Å². The van der Waals surface area contributed by atoms with Crippen LogP contribution < -0.4 is 5.32 Å². The highest BCUT2D eigenvalue weighted by molar-refractivity contribution is 5.07. The highest BCUT2D eigenvalue weighted by Crippen LogP contribution is 2.44. The highest BCUT2D eigenvalue weighted by atomic mass is 19.1. The summed E-state index contributed by atoms with van der Waals surface area (Å²) in [4.78, 5) is 4.06. The molecule has 1 aromatic rings. The SMILES string of the molecule is Fc1cccnc1CNC1CC2CCC1C2. The number of hydrogen-bond acceptors (Lipinski definition) is 2. The van der Waals surface area contributed by atoms with Gasteiger partial charge >= 0.3 is 0 Å². The number of hydrogen-bond donors (Lipinski definition) is 1. The van der Waals surface area contributed by atoms with Gasteiger partial charge in [0.1, 0.15) is 5.82 Å². The van der Waals surface area contributed by atoms with Crippen molar-refractivity contribution >= 4 is 0 Å². The first-order valence-corrected chi connectivity index (χ1v) is 6.15. The lowest BCUT2D eigenvalue weighted by Crippen LogP contribution is -2.33. The van der Waals surface area contributed by atoms with E-state index >= 15 is 0 Å². The summed E-state index contributed by atoms with van der Waals surface area (Å²) in [5, 5.41) is 3.47. The maximum Gasteiger partial charge on any atom is 0.146 e. The molecule has 2 saturated carbocycles. The lowest BCUT2D eigenvalue weighted by molar-refractivity contribution is 0.347. The Hall–Kier alpha value is -0.960. The van der Waals surface area contributed by atoms with Crippen LogP contribution >= 0.6 is 0 Å². The molecule has 86 valence electrons. The molecule has 0 aromatic carbocycles. The molecule has 3 heteroatoms. The number of nitrogens with one attached hydrogen (secondary N) is 1. The first kappa shape index (κ1) is 10.2. The summed E-state index contributed by atoms with van der Waals surface area (Å²) in [5.41, 5.74) is 0.547. The van der Waals surface area contributed by atoms with Crippen LogP contribution in [-0.4, -0.2) is 11.0 Å². The summed E-state index contributed by atoms with van der Waals surface area (Å²) in [6.45, 7) is 0.570. The molecular formula is C13H17FN2. The second-order valence-corrected chi connectivity index (χ2v) is 5.09. The monoisotopic (exact) mass is 220 g/mol. The van der Waals surface area contributed by atoms with Crippen molar-refractivity contribution in [2.45, 2.75) is 38.3 Å². The molecule has 0 radical (unpaired) electrons. The summed E-state index contributed by atoms with van der Waals surface area (Å²) in [6, 6.07) is 3.71. The van der Waals surface area contributed by atoms with Gasteiger partial charge in [0.2, 0.25) is 0 Å². The molecule has 0 aliphatic heterocycles. The predicted molar refractivity (Wildman–Crippen MR) is 60.3 cm³/mol. The standard InChI is InChI=1S/C13H17FN2/c14-11-2-1-5-15-13(11)8-16-12-7-9-3-4-10(12)6-9/h1-2,5,9-10,12,16H,3-4,6-8H2. The van der Waals surface area contributed by atoms with Crippen molar-refractivity contribution in [3.63, 3.8) is 0 Å². The molecule has 1 heterocycles. The maximum absolute atomic E-state index is 13.3. The van der Waals surface area contributed by atoms with Crippen LogP contribution in [0, 0.1) is 17.7 Å². The van der Waals surface area contributed by atoms with Crippen molar-refractivity contribution < 1.29 is 4.39 Å². The Morgan fingerprint density at radius 2 is 2.31 bits per heavy atom. The van der Waals surface area contributed by atoms with E-state index in [9.17, 15) is 4.39 Å². The predicted octanol–water partition coefficient (Wildman–Crippen LogP) is 2.50. The lowest BCUT2D eigenvalue weighted by atomic mass is 9.95. The van der Waals surface area contributed by atoms with Gasteiger partial charge in [-0.2, -0.15) is 0 Å². The van der Waals surface area contributed by atoms with E-state index in [-0.39, 0.29) is 5.82 Å². The number of nitrogens with zero attached hydrogens (tertiary/aromatic N) is 1. The molecular weight excluding hydrogens is 203 g/mol. The largest absolute Gasteiger partial charge is 0.308 e. The molecule has 0 amide bonds. The fraction of sp³-hybridized carbons (Fsp3) is 0.615. The molecule has 0 spiro atoms. The molecule has 2 nitrogen and oxygen atoms in total. The van der Waals surface area contributed by atoms with E-state index in [0.717, 1.165) is 11.8 Å². The van der Waals surface area contributed by atoms with Gasteiger partial charge in [0.15, 0.2) is 0 Å². The van der Waals surface area contributed by atoms with Gasteiger partial charge in [-0.15, -0.1) is 0 Å². The second-order valence-electron chi connectivity index (χ2n) is 5.09. The van der Waals surface area contributed by atoms with Gasteiger partial charge in [-0.1, -0.05) is 6.42 Å². The third-order valence-corrected chi connectivity index (χ3v) is 4.10. The Labute approximate surface area is 95.3 Å². The number of halogens is 1. The Kier molecular flexibility index (Phi) is 2.64. The minimum atomic E-state index is -0.196. The maximum atomic E-state index is 13.3. The number of fused-ring (bicyclic) bond motifs is 2. The van der Waals surface area contributed by atoms with Gasteiger partial charge in [-0.25, -0.2) is 4.39 Å². The van der Waals surface area contributed by atoms with Crippen LogP contribution in [0.25, 0.3) is 0 Å². The van der Waals surface area contributed by atoms with Crippen molar-refractivity contribution in [1.29, 1.82) is 0 Å². The first-order valence-electron chi connectivity index (χ1n) is 6.15. The molecule has 0 saturated heterocycles. The van der Waals surface area contributed by atoms with Crippen LogP contribution in [0.4, 0.5) is 4.39 Å². The van der Waals surface area contributed by atoms with Crippen LogP contribution in [0.1, 0.15) is 31.4 Å². The minimum absolute atomic E-state index is 0.196. The van der Waals surface area contributed by atoms with Crippen LogP contribution in [0.5, 0.6) is 0 Å². The van der Waals surface area contributed by atoms with Crippen LogP contribution in [0.3, 0.4) is 0 Å². The van der Waals surface area contributed by atoms with Gasteiger partial charge < -0.3 is 5.32 Å². The lowest BCUT2D eigenvalue weighted by Gasteiger charge is -2.22. The summed E-state index contributed by atoms with van der Waals surface area (Å²) < 4.78 is 13.3. The van der Waals surface area contributed by atoms with Crippen molar-refractivity contribution in [2.75, 3.05) is 0 Å². The van der Waals surface area contributed by atoms with Gasteiger partial charge in [0.05, 0.1) is 5.69 Å². The van der Waals surface area contributed by atoms with E-state index in [1.54, 1.807) is 12.3 Å². The summed E-state index contributed by atoms with van der Waals surface area (Å²) >= 11 is 0. The molecule has 16 heavy (non-hydrogen) atoms. The van der Waals surface area contributed by atoms with E-state index in [2.05, 4.69) is 10.3 Å².